The third kappa shape index (κ3) is 11.7. The number of allylic oxidation sites excluding steroid dienone is 2. The van der Waals surface area contributed by atoms with Gasteiger partial charge in [0, 0.05) is 19.5 Å². The van der Waals surface area contributed by atoms with Gasteiger partial charge >= 0.3 is 5.97 Å². The van der Waals surface area contributed by atoms with Crippen LogP contribution in [0.3, 0.4) is 0 Å². The number of nitrogens with one attached hydrogen (secondary N) is 1. The number of amides is 2. The van der Waals surface area contributed by atoms with Crippen LogP contribution in [0.4, 0.5) is 0 Å². The molecule has 2 N–H and O–H groups in total. The molecule has 0 aliphatic rings. The van der Waals surface area contributed by atoms with E-state index in [1.807, 2.05) is 91.0 Å². The van der Waals surface area contributed by atoms with Crippen molar-refractivity contribution in [2.24, 2.45) is 11.8 Å². The topological polar surface area (TPSA) is 95.9 Å². The Labute approximate surface area is 261 Å². The monoisotopic (exact) mass is 596 g/mol. The summed E-state index contributed by atoms with van der Waals surface area (Å²) in [7, 11) is 0. The highest BCUT2D eigenvalue weighted by atomic mass is 16.5. The Balaban J connectivity index is 1.70. The quantitative estimate of drug-likeness (QED) is 0.145. The number of aliphatic hydroxyl groups is 1. The number of hydrogen-bond donors (Lipinski definition) is 2. The summed E-state index contributed by atoms with van der Waals surface area (Å²) in [5.41, 5.74) is 2.95. The molecule has 0 heterocycles. The molecular weight excluding hydrogens is 552 g/mol. The zero-order valence-corrected chi connectivity index (χ0v) is 25.4. The van der Waals surface area contributed by atoms with E-state index in [0.717, 1.165) is 16.7 Å². The molecule has 3 atom stereocenters. The van der Waals surface area contributed by atoms with Crippen molar-refractivity contribution in [3.05, 3.63) is 133 Å². The second-order valence-electron chi connectivity index (χ2n) is 10.9. The molecule has 232 valence electrons. The van der Waals surface area contributed by atoms with E-state index in [4.69, 9.17) is 4.74 Å². The van der Waals surface area contributed by atoms with Gasteiger partial charge in [-0.05, 0) is 42.4 Å². The summed E-state index contributed by atoms with van der Waals surface area (Å²) >= 11 is 0. The standard InChI is InChI=1S/C37H44N2O5/c1-3-14-32(26-35(41)39(22-23-40)27-31-20-12-7-13-21-31)36(42)38-34(25-30-18-10-6-11-19-30)28-44-37(43)33(15-4-2)24-29-16-8-5-9-17-29/h3-13,16-21,32-34,40H,1-2,14-15,22-28H2,(H,38,42)/t32-,33+,34+/m1/s1. The zero-order chi connectivity index (χ0) is 31.6. The normalized spacial score (nSPS) is 12.8. The van der Waals surface area contributed by atoms with E-state index in [1.54, 1.807) is 17.1 Å². The minimum absolute atomic E-state index is 0.0126. The Morgan fingerprint density at radius 2 is 1.30 bits per heavy atom. The molecule has 3 aromatic carbocycles. The van der Waals surface area contributed by atoms with Crippen molar-refractivity contribution >= 4 is 17.8 Å². The van der Waals surface area contributed by atoms with Crippen LogP contribution in [0.2, 0.25) is 0 Å². The van der Waals surface area contributed by atoms with Gasteiger partial charge in [0.15, 0.2) is 0 Å². The van der Waals surface area contributed by atoms with Gasteiger partial charge in [-0.2, -0.15) is 0 Å². The average molecular weight is 597 g/mol. The van der Waals surface area contributed by atoms with Crippen LogP contribution in [0, 0.1) is 11.8 Å². The number of nitrogens with zero attached hydrogens (tertiary/aromatic N) is 1. The summed E-state index contributed by atoms with van der Waals surface area (Å²) in [6.45, 7) is 7.91. The molecule has 3 aromatic rings. The minimum Gasteiger partial charge on any atom is -0.463 e. The van der Waals surface area contributed by atoms with Crippen molar-refractivity contribution < 1.29 is 24.2 Å². The third-order valence-electron chi connectivity index (χ3n) is 7.39. The highest BCUT2D eigenvalue weighted by Gasteiger charge is 2.27. The summed E-state index contributed by atoms with van der Waals surface area (Å²) in [6, 6.07) is 28.4. The molecule has 0 spiro atoms. The van der Waals surface area contributed by atoms with E-state index in [-0.39, 0.29) is 44.0 Å². The van der Waals surface area contributed by atoms with Crippen molar-refractivity contribution in [3.8, 4) is 0 Å². The van der Waals surface area contributed by atoms with Gasteiger partial charge in [-0.1, -0.05) is 103 Å². The third-order valence-corrected chi connectivity index (χ3v) is 7.39. The van der Waals surface area contributed by atoms with Crippen molar-refractivity contribution in [1.29, 1.82) is 0 Å². The first-order chi connectivity index (χ1) is 21.4. The first-order valence-corrected chi connectivity index (χ1v) is 15.1. The van der Waals surface area contributed by atoms with E-state index in [0.29, 0.717) is 32.2 Å². The Bertz CT molecular complexity index is 1310. The minimum atomic E-state index is -0.669. The first-order valence-electron chi connectivity index (χ1n) is 15.1. The fourth-order valence-electron chi connectivity index (χ4n) is 5.07. The van der Waals surface area contributed by atoms with Crippen molar-refractivity contribution in [1.82, 2.24) is 10.2 Å². The second-order valence-corrected chi connectivity index (χ2v) is 10.9. The van der Waals surface area contributed by atoms with E-state index in [2.05, 4.69) is 18.5 Å². The number of ether oxygens (including phenoxy) is 1. The zero-order valence-electron chi connectivity index (χ0n) is 25.4. The molecule has 0 bridgehead atoms. The summed E-state index contributed by atoms with van der Waals surface area (Å²) in [6.07, 6.45) is 5.05. The van der Waals surface area contributed by atoms with Gasteiger partial charge in [0.1, 0.15) is 6.61 Å². The lowest BCUT2D eigenvalue weighted by molar-refractivity contribution is -0.149. The molecule has 0 radical (unpaired) electrons. The summed E-state index contributed by atoms with van der Waals surface area (Å²) in [5.74, 6) is -1.96. The molecule has 44 heavy (non-hydrogen) atoms. The molecular formula is C37H44N2O5. The fraction of sp³-hybridized carbons (Fsp3) is 0.324. The van der Waals surface area contributed by atoms with Crippen molar-refractivity contribution in [2.75, 3.05) is 19.8 Å². The number of carbonyl (C=O) groups is 3. The van der Waals surface area contributed by atoms with Gasteiger partial charge < -0.3 is 20.1 Å². The molecule has 0 saturated carbocycles. The maximum Gasteiger partial charge on any atom is 0.309 e. The number of esters is 1. The van der Waals surface area contributed by atoms with Crippen LogP contribution in [-0.4, -0.2) is 53.6 Å². The van der Waals surface area contributed by atoms with Gasteiger partial charge in [0.2, 0.25) is 11.8 Å². The summed E-state index contributed by atoms with van der Waals surface area (Å²) < 4.78 is 5.80. The lowest BCUT2D eigenvalue weighted by Gasteiger charge is -2.26. The molecule has 7 heteroatoms. The predicted molar refractivity (Wildman–Crippen MR) is 173 cm³/mol. The number of rotatable bonds is 19. The van der Waals surface area contributed by atoms with Crippen LogP contribution in [0.15, 0.2) is 116 Å². The van der Waals surface area contributed by atoms with Crippen LogP contribution in [0.1, 0.15) is 36.0 Å². The number of benzene rings is 3. The largest absolute Gasteiger partial charge is 0.463 e. The van der Waals surface area contributed by atoms with E-state index >= 15 is 0 Å². The fourth-order valence-corrected chi connectivity index (χ4v) is 5.07. The lowest BCUT2D eigenvalue weighted by atomic mass is 9.96. The van der Waals surface area contributed by atoms with Crippen LogP contribution >= 0.6 is 0 Å². The Morgan fingerprint density at radius 1 is 0.773 bits per heavy atom. The van der Waals surface area contributed by atoms with Crippen LogP contribution < -0.4 is 5.32 Å². The van der Waals surface area contributed by atoms with E-state index in [1.165, 1.54) is 0 Å². The maximum atomic E-state index is 13.6. The van der Waals surface area contributed by atoms with Crippen LogP contribution in [-0.2, 0) is 38.5 Å². The molecule has 7 nitrogen and oxygen atoms in total. The van der Waals surface area contributed by atoms with Gasteiger partial charge in [-0.15, -0.1) is 13.2 Å². The van der Waals surface area contributed by atoms with Gasteiger partial charge in [0.05, 0.1) is 24.5 Å². The first kappa shape index (κ1) is 34.0. The average Bonchev–Trinajstić information content (AvgIpc) is 3.04. The van der Waals surface area contributed by atoms with E-state index < -0.39 is 17.9 Å². The predicted octanol–water partition coefficient (Wildman–Crippen LogP) is 5.30. The summed E-state index contributed by atoms with van der Waals surface area (Å²) in [4.78, 5) is 41.7. The highest BCUT2D eigenvalue weighted by Crippen LogP contribution is 2.18. The molecule has 0 aliphatic carbocycles. The Morgan fingerprint density at radius 3 is 1.84 bits per heavy atom. The van der Waals surface area contributed by atoms with Crippen LogP contribution in [0.25, 0.3) is 0 Å². The number of carbonyl (C=O) groups excluding carboxylic acids is 3. The second kappa shape index (κ2) is 18.9. The Kier molecular flexibility index (Phi) is 14.6. The molecule has 0 aromatic heterocycles. The molecule has 0 saturated heterocycles. The van der Waals surface area contributed by atoms with Crippen molar-refractivity contribution in [2.45, 2.75) is 44.7 Å². The molecule has 0 aliphatic heterocycles. The van der Waals surface area contributed by atoms with E-state index in [9.17, 15) is 19.5 Å². The highest BCUT2D eigenvalue weighted by molar-refractivity contribution is 5.86. The maximum absolute atomic E-state index is 13.6. The molecule has 3 rings (SSSR count). The summed E-state index contributed by atoms with van der Waals surface area (Å²) in [5, 5.41) is 12.6. The van der Waals surface area contributed by atoms with Crippen LogP contribution in [0.5, 0.6) is 0 Å². The van der Waals surface area contributed by atoms with Gasteiger partial charge in [-0.25, -0.2) is 0 Å². The SMILES string of the molecule is C=CC[C@H](CC(=O)N(CCO)Cc1ccccc1)C(=O)N[C@H](COC(=O)[C@@H](CC=C)Cc1ccccc1)Cc1ccccc1. The lowest BCUT2D eigenvalue weighted by Crippen LogP contribution is -2.45. The molecule has 0 unspecified atom stereocenters. The van der Waals surface area contributed by atoms with Crippen molar-refractivity contribution in [3.63, 3.8) is 0 Å². The van der Waals surface area contributed by atoms with Gasteiger partial charge in [0.25, 0.3) is 0 Å². The number of hydrogen-bond acceptors (Lipinski definition) is 5. The number of aliphatic hydroxyl groups excluding tert-OH is 1. The van der Waals surface area contributed by atoms with Gasteiger partial charge in [-0.3, -0.25) is 14.4 Å². The Hall–Kier alpha value is -4.49. The molecule has 0 fully saturated rings. The smallest absolute Gasteiger partial charge is 0.309 e. The molecule has 2 amide bonds.